The van der Waals surface area contributed by atoms with Crippen LogP contribution in [0.1, 0.15) is 0 Å². The zero-order valence-electron chi connectivity index (χ0n) is 15.8. The van der Waals surface area contributed by atoms with Gasteiger partial charge in [0.1, 0.15) is 18.5 Å². The van der Waals surface area contributed by atoms with Crippen molar-refractivity contribution in [3.63, 3.8) is 0 Å². The fourth-order valence-corrected chi connectivity index (χ4v) is 4.39. The van der Waals surface area contributed by atoms with E-state index in [1.807, 2.05) is 30.3 Å². The fourth-order valence-electron chi connectivity index (χ4n) is 4.39. The van der Waals surface area contributed by atoms with E-state index in [2.05, 4.69) is 54.1 Å². The number of benzene rings is 3. The van der Waals surface area contributed by atoms with Crippen molar-refractivity contribution in [2.75, 3.05) is 0 Å². The van der Waals surface area contributed by atoms with Crippen molar-refractivity contribution in [2.45, 2.75) is 0 Å². The van der Waals surface area contributed by atoms with Crippen molar-refractivity contribution in [3.05, 3.63) is 85.2 Å². The molecular formula is C25H18N2O2+2. The van der Waals surface area contributed by atoms with E-state index in [1.54, 1.807) is 12.4 Å². The monoisotopic (exact) mass is 378 g/mol. The van der Waals surface area contributed by atoms with E-state index >= 15 is 0 Å². The van der Waals surface area contributed by atoms with Crippen LogP contribution in [-0.4, -0.2) is 5.21 Å². The van der Waals surface area contributed by atoms with Gasteiger partial charge in [-0.2, -0.15) is 4.57 Å². The minimum atomic E-state index is 0.883. The summed E-state index contributed by atoms with van der Waals surface area (Å²) in [6, 6.07) is 24.8. The van der Waals surface area contributed by atoms with Crippen molar-refractivity contribution in [1.29, 1.82) is 0 Å². The molecule has 1 aliphatic heterocycles. The summed E-state index contributed by atoms with van der Waals surface area (Å²) in [5.74, 6) is 1.78. The third kappa shape index (κ3) is 2.26. The molecule has 1 aliphatic rings. The summed E-state index contributed by atoms with van der Waals surface area (Å²) >= 11 is 0. The average Bonchev–Trinajstić information content (AvgIpc) is 2.76. The molecule has 0 saturated heterocycles. The van der Waals surface area contributed by atoms with Gasteiger partial charge in [-0.05, 0) is 35.4 Å². The maximum absolute atomic E-state index is 9.53. The molecule has 1 N–H and O–H groups in total. The average molecular weight is 378 g/mol. The molecule has 0 bridgehead atoms. The molecule has 29 heavy (non-hydrogen) atoms. The maximum Gasteiger partial charge on any atom is 0.228 e. The van der Waals surface area contributed by atoms with Crippen LogP contribution < -0.4 is 14.0 Å². The molecular weight excluding hydrogens is 360 g/mol. The molecule has 6 rings (SSSR count). The first kappa shape index (κ1) is 16.1. The van der Waals surface area contributed by atoms with E-state index in [0.717, 1.165) is 43.8 Å². The van der Waals surface area contributed by atoms with Gasteiger partial charge in [0.25, 0.3) is 0 Å². The molecule has 0 radical (unpaired) electrons. The van der Waals surface area contributed by atoms with Gasteiger partial charge >= 0.3 is 0 Å². The van der Waals surface area contributed by atoms with Crippen molar-refractivity contribution >= 4 is 21.7 Å². The molecule has 0 saturated carbocycles. The Labute approximate surface area is 167 Å². The lowest BCUT2D eigenvalue weighted by molar-refractivity contribution is -0.904. The highest BCUT2D eigenvalue weighted by Gasteiger charge is 2.29. The maximum atomic E-state index is 9.53. The number of rotatable bonds is 1. The summed E-state index contributed by atoms with van der Waals surface area (Å²) < 4.78 is 9.54. The molecule has 4 nitrogen and oxygen atoms in total. The van der Waals surface area contributed by atoms with E-state index in [1.165, 1.54) is 16.5 Å². The van der Waals surface area contributed by atoms with Crippen LogP contribution in [-0.2, 0) is 7.05 Å². The SMILES string of the molecule is C[n+]1c2c3c(cccc3c3ccc(-c4cc[n+](O)cc4)cc31)Oc1ccccc1-2. The number of nitrogens with zero attached hydrogens (tertiary/aromatic N) is 2. The molecule has 0 aliphatic carbocycles. The van der Waals surface area contributed by atoms with Crippen molar-refractivity contribution in [3.8, 4) is 33.9 Å². The number of aromatic nitrogens is 2. The first-order valence-electron chi connectivity index (χ1n) is 9.57. The molecule has 5 aromatic rings. The van der Waals surface area contributed by atoms with Gasteiger partial charge in [-0.15, -0.1) is 0 Å². The predicted molar refractivity (Wildman–Crippen MR) is 111 cm³/mol. The standard InChI is InChI=1S/C25H18N2O2/c1-26-21-15-17(16-11-13-27(28)14-12-16)9-10-18(21)19-6-4-8-23-24(19)25(26)20-5-2-3-7-22(20)29-23/h2-15,28H,1H3/q+2. The highest BCUT2D eigenvalue weighted by atomic mass is 16.5. The molecule has 3 aromatic carbocycles. The summed E-state index contributed by atoms with van der Waals surface area (Å²) in [7, 11) is 2.12. The van der Waals surface area contributed by atoms with Crippen LogP contribution in [0.2, 0.25) is 0 Å². The van der Waals surface area contributed by atoms with Gasteiger partial charge in [-0.1, -0.05) is 30.3 Å². The van der Waals surface area contributed by atoms with E-state index < -0.39 is 0 Å². The minimum absolute atomic E-state index is 0.883. The number of hydrogen-bond donors (Lipinski definition) is 1. The lowest BCUT2D eigenvalue weighted by Gasteiger charge is -2.20. The van der Waals surface area contributed by atoms with E-state index in [9.17, 15) is 5.21 Å². The zero-order valence-corrected chi connectivity index (χ0v) is 15.8. The van der Waals surface area contributed by atoms with Crippen LogP contribution in [0.15, 0.2) is 85.2 Å². The number of pyridine rings is 2. The third-order valence-corrected chi connectivity index (χ3v) is 5.76. The van der Waals surface area contributed by atoms with Crippen molar-refractivity contribution in [2.24, 2.45) is 7.05 Å². The molecule has 0 fully saturated rings. The number of fused-ring (bicyclic) bond motifs is 4. The normalized spacial score (nSPS) is 12.0. The van der Waals surface area contributed by atoms with Gasteiger partial charge in [0.05, 0.1) is 16.3 Å². The summed E-state index contributed by atoms with van der Waals surface area (Å²) in [5.41, 5.74) is 5.59. The van der Waals surface area contributed by atoms with Crippen LogP contribution in [0.4, 0.5) is 0 Å². The fraction of sp³-hybridized carbons (Fsp3) is 0.0400. The number of ether oxygens (including phenoxy) is 1. The smallest absolute Gasteiger partial charge is 0.228 e. The number of hydrogen-bond acceptors (Lipinski definition) is 2. The Bertz CT molecular complexity index is 1440. The quantitative estimate of drug-likeness (QED) is 0.254. The molecule has 4 heteroatoms. The second-order valence-electron chi connectivity index (χ2n) is 7.38. The van der Waals surface area contributed by atoms with E-state index in [-0.39, 0.29) is 0 Å². The van der Waals surface area contributed by atoms with Crippen LogP contribution in [0.25, 0.3) is 44.1 Å². The predicted octanol–water partition coefficient (Wildman–Crippen LogP) is 4.78. The van der Waals surface area contributed by atoms with E-state index in [4.69, 9.17) is 4.74 Å². The lowest BCUT2D eigenvalue weighted by atomic mass is 9.95. The Hall–Kier alpha value is -3.92. The summed E-state index contributed by atoms with van der Waals surface area (Å²) in [4.78, 5) is 0. The Kier molecular flexibility index (Phi) is 3.21. The first-order valence-corrected chi connectivity index (χ1v) is 9.57. The second kappa shape index (κ2) is 5.79. The summed E-state index contributed by atoms with van der Waals surface area (Å²) in [5, 5.41) is 13.1. The van der Waals surface area contributed by atoms with Gasteiger partial charge in [0, 0.05) is 28.3 Å². The Balaban J connectivity index is 1.73. The number of aryl methyl sites for hydroxylation is 1. The summed E-state index contributed by atoms with van der Waals surface area (Å²) in [6.45, 7) is 0. The van der Waals surface area contributed by atoms with Crippen molar-refractivity contribution < 1.29 is 19.2 Å². The summed E-state index contributed by atoms with van der Waals surface area (Å²) in [6.07, 6.45) is 3.28. The van der Waals surface area contributed by atoms with Gasteiger partial charge in [0.15, 0.2) is 0 Å². The lowest BCUT2D eigenvalue weighted by Crippen LogP contribution is -2.33. The largest absolute Gasteiger partial charge is 0.456 e. The molecule has 138 valence electrons. The highest BCUT2D eigenvalue weighted by Crippen LogP contribution is 2.46. The van der Waals surface area contributed by atoms with E-state index in [0.29, 0.717) is 0 Å². The molecule has 0 unspecified atom stereocenters. The molecule has 3 heterocycles. The number of para-hydroxylation sites is 1. The van der Waals surface area contributed by atoms with Crippen LogP contribution in [0.5, 0.6) is 11.5 Å². The topological polar surface area (TPSA) is 37.2 Å². The van der Waals surface area contributed by atoms with Gasteiger partial charge in [-0.3, -0.25) is 5.21 Å². The van der Waals surface area contributed by atoms with Gasteiger partial charge < -0.3 is 4.74 Å². The molecule has 0 spiro atoms. The Morgan fingerprint density at radius 3 is 2.41 bits per heavy atom. The second-order valence-corrected chi connectivity index (χ2v) is 7.38. The third-order valence-electron chi connectivity index (χ3n) is 5.76. The molecule has 2 aromatic heterocycles. The van der Waals surface area contributed by atoms with Crippen LogP contribution in [0.3, 0.4) is 0 Å². The highest BCUT2D eigenvalue weighted by molar-refractivity contribution is 6.13. The van der Waals surface area contributed by atoms with Crippen LogP contribution in [0, 0.1) is 0 Å². The molecule has 0 amide bonds. The van der Waals surface area contributed by atoms with Crippen LogP contribution >= 0.6 is 0 Å². The Morgan fingerprint density at radius 1 is 0.759 bits per heavy atom. The minimum Gasteiger partial charge on any atom is -0.456 e. The first-order chi connectivity index (χ1) is 14.2. The zero-order chi connectivity index (χ0) is 19.5. The van der Waals surface area contributed by atoms with Gasteiger partial charge in [0.2, 0.25) is 23.6 Å². The van der Waals surface area contributed by atoms with Crippen molar-refractivity contribution in [1.82, 2.24) is 0 Å². The Morgan fingerprint density at radius 2 is 1.55 bits per heavy atom. The van der Waals surface area contributed by atoms with Gasteiger partial charge in [-0.25, -0.2) is 0 Å². The molecule has 0 atom stereocenters.